The summed E-state index contributed by atoms with van der Waals surface area (Å²) in [5.41, 5.74) is 0.774. The van der Waals surface area contributed by atoms with E-state index in [1.807, 2.05) is 41.7 Å². The van der Waals surface area contributed by atoms with Crippen LogP contribution in [0.2, 0.25) is 0 Å². The molecule has 1 aromatic carbocycles. The van der Waals surface area contributed by atoms with Crippen molar-refractivity contribution in [1.29, 1.82) is 0 Å². The van der Waals surface area contributed by atoms with Gasteiger partial charge in [0, 0.05) is 15.4 Å². The van der Waals surface area contributed by atoms with Gasteiger partial charge in [0.15, 0.2) is 0 Å². The smallest absolute Gasteiger partial charge is 0.150 e. The Balaban J connectivity index is 2.41. The highest BCUT2D eigenvalue weighted by Crippen LogP contribution is 2.47. The summed E-state index contributed by atoms with van der Waals surface area (Å²) < 4.78 is 0.585. The normalized spacial score (nSPS) is 20.6. The zero-order valence-electron chi connectivity index (χ0n) is 6.61. The standard InChI is InChI=1S/C9H8OS2/c1-6-11-8-3-2-7(5-10)4-9(8)12-6/h2-6H,1H3. The van der Waals surface area contributed by atoms with Gasteiger partial charge >= 0.3 is 0 Å². The van der Waals surface area contributed by atoms with Gasteiger partial charge in [0.2, 0.25) is 0 Å². The molecule has 0 radical (unpaired) electrons. The van der Waals surface area contributed by atoms with Crippen molar-refractivity contribution in [3.8, 4) is 0 Å². The van der Waals surface area contributed by atoms with Crippen molar-refractivity contribution in [2.75, 3.05) is 0 Å². The van der Waals surface area contributed by atoms with Crippen LogP contribution in [0.4, 0.5) is 0 Å². The molecule has 0 aliphatic carbocycles. The second-order valence-electron chi connectivity index (χ2n) is 2.63. The van der Waals surface area contributed by atoms with Gasteiger partial charge in [-0.3, -0.25) is 4.79 Å². The van der Waals surface area contributed by atoms with Crippen LogP contribution < -0.4 is 0 Å². The molecule has 1 atom stereocenters. The van der Waals surface area contributed by atoms with E-state index in [2.05, 4.69) is 6.92 Å². The van der Waals surface area contributed by atoms with Gasteiger partial charge in [-0.05, 0) is 19.1 Å². The third-order valence-electron chi connectivity index (χ3n) is 1.69. The maximum absolute atomic E-state index is 10.5. The molecule has 0 spiro atoms. The fraction of sp³-hybridized carbons (Fsp3) is 0.222. The van der Waals surface area contributed by atoms with E-state index in [1.165, 1.54) is 9.79 Å². The Hall–Kier alpha value is -0.410. The molecule has 1 heterocycles. The van der Waals surface area contributed by atoms with Crippen LogP contribution >= 0.6 is 23.5 Å². The van der Waals surface area contributed by atoms with E-state index in [-0.39, 0.29) is 0 Å². The summed E-state index contributed by atoms with van der Waals surface area (Å²) in [5.74, 6) is 0. The predicted molar refractivity (Wildman–Crippen MR) is 53.0 cm³/mol. The van der Waals surface area contributed by atoms with Gasteiger partial charge in [-0.2, -0.15) is 0 Å². The lowest BCUT2D eigenvalue weighted by Crippen LogP contribution is -1.79. The molecule has 62 valence electrons. The van der Waals surface area contributed by atoms with Crippen LogP contribution in [0.25, 0.3) is 0 Å². The molecule has 2 rings (SSSR count). The van der Waals surface area contributed by atoms with E-state index in [4.69, 9.17) is 0 Å². The maximum Gasteiger partial charge on any atom is 0.150 e. The van der Waals surface area contributed by atoms with Crippen molar-refractivity contribution in [1.82, 2.24) is 0 Å². The Labute approximate surface area is 79.9 Å². The molecule has 0 saturated heterocycles. The Bertz CT molecular complexity index is 322. The first-order valence-corrected chi connectivity index (χ1v) is 5.48. The van der Waals surface area contributed by atoms with Crippen LogP contribution in [0.3, 0.4) is 0 Å². The van der Waals surface area contributed by atoms with Gasteiger partial charge in [0.1, 0.15) is 6.29 Å². The highest BCUT2D eigenvalue weighted by atomic mass is 32.2. The fourth-order valence-corrected chi connectivity index (χ4v) is 3.70. The summed E-state index contributed by atoms with van der Waals surface area (Å²) >= 11 is 3.68. The largest absolute Gasteiger partial charge is 0.298 e. The lowest BCUT2D eigenvalue weighted by Gasteiger charge is -1.95. The van der Waals surface area contributed by atoms with Gasteiger partial charge in [0.25, 0.3) is 0 Å². The zero-order chi connectivity index (χ0) is 8.55. The second kappa shape index (κ2) is 3.15. The number of benzene rings is 1. The van der Waals surface area contributed by atoms with Gasteiger partial charge in [-0.1, -0.05) is 6.07 Å². The van der Waals surface area contributed by atoms with E-state index in [1.54, 1.807) is 0 Å². The van der Waals surface area contributed by atoms with E-state index < -0.39 is 0 Å². The summed E-state index contributed by atoms with van der Waals surface area (Å²) in [6.45, 7) is 2.18. The van der Waals surface area contributed by atoms with Gasteiger partial charge in [-0.15, -0.1) is 23.5 Å². The molecule has 1 unspecified atom stereocenters. The molecule has 1 aliphatic heterocycles. The number of hydrogen-bond donors (Lipinski definition) is 0. The van der Waals surface area contributed by atoms with Crippen LogP contribution in [-0.4, -0.2) is 10.9 Å². The van der Waals surface area contributed by atoms with Crippen molar-refractivity contribution in [3.05, 3.63) is 23.8 Å². The minimum absolute atomic E-state index is 0.585. The molecule has 0 amide bonds. The van der Waals surface area contributed by atoms with E-state index in [0.717, 1.165) is 11.8 Å². The van der Waals surface area contributed by atoms with Crippen LogP contribution in [0.1, 0.15) is 17.3 Å². The quantitative estimate of drug-likeness (QED) is 0.643. The van der Waals surface area contributed by atoms with Crippen molar-refractivity contribution in [2.45, 2.75) is 21.3 Å². The molecular formula is C9H8OS2. The minimum atomic E-state index is 0.585. The summed E-state index contributed by atoms with van der Waals surface area (Å²) in [5, 5.41) is 0. The van der Waals surface area contributed by atoms with Crippen molar-refractivity contribution in [2.24, 2.45) is 0 Å². The Morgan fingerprint density at radius 1 is 1.33 bits per heavy atom. The van der Waals surface area contributed by atoms with Crippen molar-refractivity contribution in [3.63, 3.8) is 0 Å². The number of thioether (sulfide) groups is 2. The highest BCUT2D eigenvalue weighted by Gasteiger charge is 2.18. The molecule has 1 aliphatic rings. The summed E-state index contributed by atoms with van der Waals surface area (Å²) in [6.07, 6.45) is 0.897. The first kappa shape index (κ1) is 8.20. The van der Waals surface area contributed by atoms with Crippen LogP contribution in [-0.2, 0) is 0 Å². The SMILES string of the molecule is CC1Sc2ccc(C=O)cc2S1. The molecule has 3 heteroatoms. The van der Waals surface area contributed by atoms with E-state index in [0.29, 0.717) is 4.58 Å². The van der Waals surface area contributed by atoms with Gasteiger partial charge in [-0.25, -0.2) is 0 Å². The minimum Gasteiger partial charge on any atom is -0.298 e. The van der Waals surface area contributed by atoms with Crippen molar-refractivity contribution < 1.29 is 4.79 Å². The van der Waals surface area contributed by atoms with Gasteiger partial charge < -0.3 is 0 Å². The highest BCUT2D eigenvalue weighted by molar-refractivity contribution is 8.19. The number of aldehydes is 1. The lowest BCUT2D eigenvalue weighted by molar-refractivity contribution is 0.112. The first-order chi connectivity index (χ1) is 5.79. The molecule has 0 fully saturated rings. The van der Waals surface area contributed by atoms with Crippen LogP contribution in [0.15, 0.2) is 28.0 Å². The molecular weight excluding hydrogens is 188 g/mol. The molecule has 12 heavy (non-hydrogen) atoms. The Morgan fingerprint density at radius 3 is 2.83 bits per heavy atom. The molecule has 0 bridgehead atoms. The number of carbonyl (C=O) groups excluding carboxylic acids is 1. The molecule has 0 saturated carbocycles. The Morgan fingerprint density at radius 2 is 2.08 bits per heavy atom. The van der Waals surface area contributed by atoms with Crippen LogP contribution in [0, 0.1) is 0 Å². The molecule has 1 aromatic rings. The summed E-state index contributed by atoms with van der Waals surface area (Å²) in [4.78, 5) is 13.0. The molecule has 0 aromatic heterocycles. The summed E-state index contributed by atoms with van der Waals surface area (Å²) in [6, 6.07) is 5.86. The summed E-state index contributed by atoms with van der Waals surface area (Å²) in [7, 11) is 0. The second-order valence-corrected chi connectivity index (χ2v) is 5.69. The monoisotopic (exact) mass is 196 g/mol. The number of carbonyl (C=O) groups is 1. The average Bonchev–Trinajstić information content (AvgIpc) is 2.43. The Kier molecular flexibility index (Phi) is 2.15. The average molecular weight is 196 g/mol. The number of hydrogen-bond acceptors (Lipinski definition) is 3. The van der Waals surface area contributed by atoms with Crippen LogP contribution in [0.5, 0.6) is 0 Å². The molecule has 1 nitrogen and oxygen atoms in total. The van der Waals surface area contributed by atoms with Crippen molar-refractivity contribution >= 4 is 29.8 Å². The van der Waals surface area contributed by atoms with Gasteiger partial charge in [0.05, 0.1) is 4.58 Å². The van der Waals surface area contributed by atoms with E-state index in [9.17, 15) is 4.79 Å². The number of fused-ring (bicyclic) bond motifs is 1. The fourth-order valence-electron chi connectivity index (χ4n) is 1.17. The topological polar surface area (TPSA) is 17.1 Å². The van der Waals surface area contributed by atoms with E-state index >= 15 is 0 Å². The first-order valence-electron chi connectivity index (χ1n) is 3.72. The third-order valence-corrected chi connectivity index (χ3v) is 4.26. The lowest BCUT2D eigenvalue weighted by atomic mass is 10.2. The predicted octanol–water partition coefficient (Wildman–Crippen LogP) is 3.04. The molecule has 0 N–H and O–H groups in total. The third kappa shape index (κ3) is 1.39. The zero-order valence-corrected chi connectivity index (χ0v) is 8.24. The number of rotatable bonds is 1. The maximum atomic E-state index is 10.5.